The second kappa shape index (κ2) is 12.2. The standard InChI is InChI=1S/C27H36N2O6S/c1-34-22-7-10-24(11-8-22)36(32,33)28-25-12-9-23(35-26(25)19-30)18-27(31)29-15-13-21(14-16-29)17-20-5-3-2-4-6-20/h2-8,10-11,21,23,25-26,28,30H,9,12-19H2,1H3/t23-,25+,26+/m0/s1. The summed E-state index contributed by atoms with van der Waals surface area (Å²) in [5.74, 6) is 1.21. The molecule has 2 saturated heterocycles. The topological polar surface area (TPSA) is 105 Å². The molecule has 2 heterocycles. The molecule has 2 aromatic carbocycles. The Morgan fingerprint density at radius 2 is 1.75 bits per heavy atom. The second-order valence-electron chi connectivity index (χ2n) is 9.68. The van der Waals surface area contributed by atoms with E-state index in [1.807, 2.05) is 11.0 Å². The molecule has 0 aliphatic carbocycles. The van der Waals surface area contributed by atoms with Crippen molar-refractivity contribution in [2.24, 2.45) is 5.92 Å². The SMILES string of the molecule is COc1ccc(S(=O)(=O)N[C@@H]2CC[C@@H](CC(=O)N3CCC(Cc4ccccc4)CC3)O[C@@H]2CO)cc1. The number of piperidine rings is 1. The van der Waals surface area contributed by atoms with Crippen molar-refractivity contribution in [2.75, 3.05) is 26.8 Å². The van der Waals surface area contributed by atoms with Gasteiger partial charge in [-0.15, -0.1) is 0 Å². The second-order valence-corrected chi connectivity index (χ2v) is 11.4. The Morgan fingerprint density at radius 1 is 1.06 bits per heavy atom. The number of methoxy groups -OCH3 is 1. The number of benzene rings is 2. The number of hydrogen-bond acceptors (Lipinski definition) is 6. The molecule has 36 heavy (non-hydrogen) atoms. The molecule has 2 fully saturated rings. The van der Waals surface area contributed by atoms with Crippen LogP contribution < -0.4 is 9.46 Å². The Kier molecular flexibility index (Phi) is 9.00. The molecule has 2 N–H and O–H groups in total. The van der Waals surface area contributed by atoms with Crippen LogP contribution in [0.3, 0.4) is 0 Å². The van der Waals surface area contributed by atoms with Gasteiger partial charge in [-0.05, 0) is 67.9 Å². The molecular formula is C27H36N2O6S. The minimum absolute atomic E-state index is 0.0621. The molecule has 3 atom stereocenters. The molecule has 0 unspecified atom stereocenters. The highest BCUT2D eigenvalue weighted by atomic mass is 32.2. The van der Waals surface area contributed by atoms with Crippen LogP contribution in [0.1, 0.15) is 37.7 Å². The van der Waals surface area contributed by atoms with Gasteiger partial charge in [0.15, 0.2) is 0 Å². The maximum Gasteiger partial charge on any atom is 0.240 e. The monoisotopic (exact) mass is 516 g/mol. The predicted octanol–water partition coefficient (Wildman–Crippen LogP) is 2.75. The first-order valence-corrected chi connectivity index (χ1v) is 14.1. The van der Waals surface area contributed by atoms with Crippen LogP contribution in [0.15, 0.2) is 59.5 Å². The Hall–Kier alpha value is -2.46. The van der Waals surface area contributed by atoms with Gasteiger partial charge in [0.2, 0.25) is 15.9 Å². The molecule has 0 bridgehead atoms. The summed E-state index contributed by atoms with van der Waals surface area (Å²) in [5, 5.41) is 9.88. The van der Waals surface area contributed by atoms with Crippen molar-refractivity contribution >= 4 is 15.9 Å². The average molecular weight is 517 g/mol. The van der Waals surface area contributed by atoms with Crippen molar-refractivity contribution in [3.8, 4) is 5.75 Å². The van der Waals surface area contributed by atoms with Crippen molar-refractivity contribution in [3.63, 3.8) is 0 Å². The normalized spacial score (nSPS) is 23.4. The number of nitrogens with one attached hydrogen (secondary N) is 1. The summed E-state index contributed by atoms with van der Waals surface area (Å²) >= 11 is 0. The van der Waals surface area contributed by atoms with Gasteiger partial charge in [0.05, 0.1) is 43.3 Å². The van der Waals surface area contributed by atoms with Crippen LogP contribution in [0.5, 0.6) is 5.75 Å². The highest BCUT2D eigenvalue weighted by Gasteiger charge is 2.35. The van der Waals surface area contributed by atoms with Crippen molar-refractivity contribution in [1.82, 2.24) is 9.62 Å². The Morgan fingerprint density at radius 3 is 2.39 bits per heavy atom. The summed E-state index contributed by atoms with van der Waals surface area (Å²) in [7, 11) is -2.27. The van der Waals surface area contributed by atoms with Gasteiger partial charge in [-0.3, -0.25) is 4.79 Å². The number of carbonyl (C=O) groups is 1. The summed E-state index contributed by atoms with van der Waals surface area (Å²) in [5.41, 5.74) is 1.34. The molecule has 2 aliphatic rings. The third-order valence-corrected chi connectivity index (χ3v) is 8.71. The Labute approximate surface area is 213 Å². The van der Waals surface area contributed by atoms with Crippen LogP contribution in [0, 0.1) is 5.92 Å². The molecular weight excluding hydrogens is 480 g/mol. The number of hydrogen-bond donors (Lipinski definition) is 2. The molecule has 9 heteroatoms. The van der Waals surface area contributed by atoms with E-state index in [-0.39, 0.29) is 29.9 Å². The third kappa shape index (κ3) is 6.85. The van der Waals surface area contributed by atoms with Crippen LogP contribution in [0.4, 0.5) is 0 Å². The summed E-state index contributed by atoms with van der Waals surface area (Å²) < 4.78 is 39.4. The lowest BCUT2D eigenvalue weighted by atomic mass is 9.90. The highest BCUT2D eigenvalue weighted by Crippen LogP contribution is 2.27. The first kappa shape index (κ1) is 26.6. The van der Waals surface area contributed by atoms with Crippen molar-refractivity contribution in [3.05, 3.63) is 60.2 Å². The van der Waals surface area contributed by atoms with Crippen LogP contribution in [-0.2, 0) is 26.0 Å². The number of rotatable bonds is 9. The average Bonchev–Trinajstić information content (AvgIpc) is 2.90. The summed E-state index contributed by atoms with van der Waals surface area (Å²) in [6.07, 6.45) is 3.25. The van der Waals surface area contributed by atoms with E-state index in [0.29, 0.717) is 24.5 Å². The minimum atomic E-state index is -3.79. The van der Waals surface area contributed by atoms with E-state index in [2.05, 4.69) is 29.0 Å². The zero-order chi connectivity index (χ0) is 25.5. The van der Waals surface area contributed by atoms with Crippen LogP contribution >= 0.6 is 0 Å². The van der Waals surface area contributed by atoms with Gasteiger partial charge in [0.25, 0.3) is 0 Å². The van der Waals surface area contributed by atoms with Crippen LogP contribution in [0.25, 0.3) is 0 Å². The van der Waals surface area contributed by atoms with E-state index in [1.54, 1.807) is 12.1 Å². The van der Waals surface area contributed by atoms with Crippen LogP contribution in [-0.4, -0.2) is 69.4 Å². The predicted molar refractivity (Wildman–Crippen MR) is 136 cm³/mol. The molecule has 1 amide bonds. The molecule has 2 aliphatic heterocycles. The number of sulfonamides is 1. The highest BCUT2D eigenvalue weighted by molar-refractivity contribution is 7.89. The first-order chi connectivity index (χ1) is 17.4. The fourth-order valence-electron chi connectivity index (χ4n) is 5.10. The molecule has 0 aromatic heterocycles. The van der Waals surface area contributed by atoms with Gasteiger partial charge >= 0.3 is 0 Å². The van der Waals surface area contributed by atoms with Gasteiger partial charge in [-0.1, -0.05) is 30.3 Å². The number of ether oxygens (including phenoxy) is 2. The largest absolute Gasteiger partial charge is 0.497 e. The molecule has 8 nitrogen and oxygen atoms in total. The van der Waals surface area contributed by atoms with Crippen molar-refractivity contribution in [1.29, 1.82) is 0 Å². The van der Waals surface area contributed by atoms with E-state index < -0.39 is 22.2 Å². The summed E-state index contributed by atoms with van der Waals surface area (Å²) in [6.45, 7) is 1.17. The quantitative estimate of drug-likeness (QED) is 0.531. The summed E-state index contributed by atoms with van der Waals surface area (Å²) in [4.78, 5) is 15.0. The van der Waals surface area contributed by atoms with Crippen molar-refractivity contribution < 1.29 is 27.8 Å². The summed E-state index contributed by atoms with van der Waals surface area (Å²) in [6, 6.07) is 16.0. The van der Waals surface area contributed by atoms with Crippen molar-refractivity contribution in [2.45, 2.75) is 61.7 Å². The lowest BCUT2D eigenvalue weighted by Gasteiger charge is -2.37. The molecule has 4 rings (SSSR count). The van der Waals surface area contributed by atoms with Gasteiger partial charge in [0.1, 0.15) is 5.75 Å². The Balaban J connectivity index is 1.25. The molecule has 2 aromatic rings. The van der Waals surface area contributed by atoms with Gasteiger partial charge in [-0.2, -0.15) is 0 Å². The number of nitrogens with zero attached hydrogens (tertiary/aromatic N) is 1. The van der Waals surface area contributed by atoms with E-state index in [1.165, 1.54) is 24.8 Å². The number of carbonyl (C=O) groups excluding carboxylic acids is 1. The lowest BCUT2D eigenvalue weighted by Crippen LogP contribution is -2.51. The zero-order valence-corrected chi connectivity index (χ0v) is 21.5. The molecule has 196 valence electrons. The van der Waals surface area contributed by atoms with Gasteiger partial charge < -0.3 is 19.5 Å². The number of aliphatic hydroxyl groups is 1. The van der Waals surface area contributed by atoms with Gasteiger partial charge in [-0.25, -0.2) is 13.1 Å². The molecule has 0 spiro atoms. The fourth-order valence-corrected chi connectivity index (χ4v) is 6.40. The minimum Gasteiger partial charge on any atom is -0.497 e. The van der Waals surface area contributed by atoms with E-state index in [4.69, 9.17) is 9.47 Å². The van der Waals surface area contributed by atoms with E-state index in [9.17, 15) is 18.3 Å². The maximum atomic E-state index is 12.9. The number of amides is 1. The molecule has 0 radical (unpaired) electrons. The Bertz CT molecular complexity index is 1090. The maximum absolute atomic E-state index is 12.9. The number of likely N-dealkylation sites (tertiary alicyclic amines) is 1. The van der Waals surface area contributed by atoms with E-state index >= 15 is 0 Å². The van der Waals surface area contributed by atoms with E-state index in [0.717, 1.165) is 32.4 Å². The molecule has 0 saturated carbocycles. The number of aliphatic hydroxyl groups excluding tert-OH is 1. The fraction of sp³-hybridized carbons (Fsp3) is 0.519. The first-order valence-electron chi connectivity index (χ1n) is 12.6. The smallest absolute Gasteiger partial charge is 0.240 e. The van der Waals surface area contributed by atoms with Crippen LogP contribution in [0.2, 0.25) is 0 Å². The third-order valence-electron chi connectivity index (χ3n) is 7.21. The zero-order valence-electron chi connectivity index (χ0n) is 20.7. The van der Waals surface area contributed by atoms with Gasteiger partial charge in [0, 0.05) is 13.1 Å². The lowest BCUT2D eigenvalue weighted by molar-refractivity contribution is -0.141.